The summed E-state index contributed by atoms with van der Waals surface area (Å²) < 4.78 is 12.8. The highest BCUT2D eigenvalue weighted by atomic mass is 35.5. The molecule has 9 heteroatoms. The molecule has 1 N–H and O–H groups in total. The predicted molar refractivity (Wildman–Crippen MR) is 128 cm³/mol. The van der Waals surface area contributed by atoms with Gasteiger partial charge in [0.15, 0.2) is 6.73 Å². The molecule has 0 bridgehead atoms. The Balaban J connectivity index is 1.54. The van der Waals surface area contributed by atoms with Crippen LogP contribution in [0.4, 0.5) is 5.00 Å². The van der Waals surface area contributed by atoms with Crippen LogP contribution >= 0.6 is 22.9 Å². The number of nitrogens with one attached hydrogen (secondary N) is 1. The lowest BCUT2D eigenvalue weighted by atomic mass is 9.95. The van der Waals surface area contributed by atoms with Crippen molar-refractivity contribution >= 4 is 39.8 Å². The number of fused-ring (bicyclic) bond motifs is 1. The van der Waals surface area contributed by atoms with Crippen LogP contribution in [0.5, 0.6) is 5.75 Å². The molecular weight excluding hydrogens is 462 g/mol. The Kier molecular flexibility index (Phi) is 7.35. The van der Waals surface area contributed by atoms with Crippen LogP contribution in [0.3, 0.4) is 0 Å². The third-order valence-electron chi connectivity index (χ3n) is 5.61. The predicted octanol–water partition coefficient (Wildman–Crippen LogP) is 5.72. The van der Waals surface area contributed by atoms with E-state index in [9.17, 15) is 9.59 Å². The minimum atomic E-state index is -0.380. The molecule has 174 valence electrons. The number of nitrogens with zero attached hydrogens (tertiary/aromatic N) is 2. The number of hydrogen-bond acceptors (Lipinski definition) is 6. The number of esters is 1. The molecule has 33 heavy (non-hydrogen) atoms. The number of aryl methyl sites for hydroxylation is 1. The number of amides is 1. The van der Waals surface area contributed by atoms with Gasteiger partial charge in [-0.05, 0) is 62.8 Å². The molecule has 2 aromatic heterocycles. The van der Waals surface area contributed by atoms with Gasteiger partial charge in [-0.3, -0.25) is 4.79 Å². The van der Waals surface area contributed by atoms with Crippen LogP contribution in [0.25, 0.3) is 0 Å². The van der Waals surface area contributed by atoms with Crippen LogP contribution in [-0.2, 0) is 24.3 Å². The number of benzene rings is 1. The summed E-state index contributed by atoms with van der Waals surface area (Å²) in [4.78, 5) is 27.3. The van der Waals surface area contributed by atoms with Gasteiger partial charge in [0.05, 0.1) is 16.7 Å². The topological polar surface area (TPSA) is 82.5 Å². The first-order chi connectivity index (χ1) is 16.0. The van der Waals surface area contributed by atoms with Gasteiger partial charge in [0.1, 0.15) is 16.4 Å². The Morgan fingerprint density at radius 3 is 2.82 bits per heavy atom. The van der Waals surface area contributed by atoms with Gasteiger partial charge < -0.3 is 14.8 Å². The normalized spacial score (nSPS) is 13.8. The van der Waals surface area contributed by atoms with Gasteiger partial charge in [0.2, 0.25) is 0 Å². The van der Waals surface area contributed by atoms with Crippen molar-refractivity contribution in [1.82, 2.24) is 9.78 Å². The summed E-state index contributed by atoms with van der Waals surface area (Å²) in [5, 5.41) is 8.13. The Hall–Kier alpha value is -2.84. The maximum Gasteiger partial charge on any atom is 0.341 e. The second-order valence-electron chi connectivity index (χ2n) is 7.91. The number of hydrogen-bond donors (Lipinski definition) is 1. The van der Waals surface area contributed by atoms with Crippen molar-refractivity contribution in [3.05, 3.63) is 63.2 Å². The number of ether oxygens (including phenoxy) is 2. The fourth-order valence-corrected chi connectivity index (χ4v) is 5.15. The highest BCUT2D eigenvalue weighted by Crippen LogP contribution is 2.39. The van der Waals surface area contributed by atoms with E-state index >= 15 is 0 Å². The fraction of sp³-hybridized carbons (Fsp3) is 0.375. The molecule has 4 rings (SSSR count). The van der Waals surface area contributed by atoms with Gasteiger partial charge in [-0.1, -0.05) is 30.7 Å². The third-order valence-corrected chi connectivity index (χ3v) is 7.13. The van der Waals surface area contributed by atoms with Crippen molar-refractivity contribution < 1.29 is 19.1 Å². The van der Waals surface area contributed by atoms with E-state index in [4.69, 9.17) is 21.1 Å². The number of aromatic nitrogens is 2. The molecule has 0 saturated carbocycles. The molecule has 2 heterocycles. The summed E-state index contributed by atoms with van der Waals surface area (Å²) in [6.45, 7) is 3.85. The number of carbonyl (C=O) groups is 2. The molecule has 0 fully saturated rings. The van der Waals surface area contributed by atoms with Crippen molar-refractivity contribution in [1.29, 1.82) is 0 Å². The second-order valence-corrected chi connectivity index (χ2v) is 9.43. The van der Waals surface area contributed by atoms with Gasteiger partial charge in [-0.25, -0.2) is 9.48 Å². The summed E-state index contributed by atoms with van der Waals surface area (Å²) in [6, 6.07) is 8.71. The highest BCUT2D eigenvalue weighted by molar-refractivity contribution is 7.17. The standard InChI is InChI=1S/C24H26ClN3O4S/c1-3-15(2)32-24(30)21-16-8-4-7-11-20(16)33-23(21)27-22(29)18-12-13-26-28(18)14-31-19-10-6-5-9-17(19)25/h5-6,9-10,12-13,15H,3-4,7-8,11,14H2,1-2H3,(H,27,29). The van der Waals surface area contributed by atoms with E-state index in [2.05, 4.69) is 10.4 Å². The summed E-state index contributed by atoms with van der Waals surface area (Å²) >= 11 is 7.60. The van der Waals surface area contributed by atoms with Crippen LogP contribution in [0.2, 0.25) is 5.02 Å². The molecule has 0 saturated heterocycles. The van der Waals surface area contributed by atoms with Crippen LogP contribution < -0.4 is 10.1 Å². The highest BCUT2D eigenvalue weighted by Gasteiger charge is 2.29. The van der Waals surface area contributed by atoms with Gasteiger partial charge >= 0.3 is 5.97 Å². The first-order valence-corrected chi connectivity index (χ1v) is 12.2. The van der Waals surface area contributed by atoms with E-state index < -0.39 is 0 Å². The van der Waals surface area contributed by atoms with E-state index in [1.165, 1.54) is 22.2 Å². The molecule has 0 radical (unpaired) electrons. The van der Waals surface area contributed by atoms with Crippen molar-refractivity contribution in [2.24, 2.45) is 0 Å². The maximum atomic E-state index is 13.1. The average Bonchev–Trinajstić information content (AvgIpc) is 3.42. The van der Waals surface area contributed by atoms with Crippen molar-refractivity contribution in [3.8, 4) is 5.75 Å². The van der Waals surface area contributed by atoms with Gasteiger partial charge in [-0.2, -0.15) is 5.10 Å². The van der Waals surface area contributed by atoms with Crippen molar-refractivity contribution in [3.63, 3.8) is 0 Å². The van der Waals surface area contributed by atoms with E-state index in [0.29, 0.717) is 27.0 Å². The quantitative estimate of drug-likeness (QED) is 0.411. The van der Waals surface area contributed by atoms with Gasteiger partial charge in [-0.15, -0.1) is 11.3 Å². The zero-order chi connectivity index (χ0) is 23.4. The molecular formula is C24H26ClN3O4S. The number of carbonyl (C=O) groups excluding carboxylic acids is 2. The smallest absolute Gasteiger partial charge is 0.341 e. The molecule has 7 nitrogen and oxygen atoms in total. The monoisotopic (exact) mass is 487 g/mol. The first kappa shape index (κ1) is 23.3. The second kappa shape index (κ2) is 10.4. The molecule has 1 amide bonds. The number of halogens is 1. The molecule has 3 aromatic rings. The van der Waals surface area contributed by atoms with E-state index in [1.54, 1.807) is 18.2 Å². The van der Waals surface area contributed by atoms with Crippen molar-refractivity contribution in [2.75, 3.05) is 5.32 Å². The maximum absolute atomic E-state index is 13.1. The van der Waals surface area contributed by atoms with Crippen LogP contribution in [0, 0.1) is 0 Å². The van der Waals surface area contributed by atoms with Crippen molar-refractivity contribution in [2.45, 2.75) is 58.8 Å². The molecule has 0 aliphatic heterocycles. The Morgan fingerprint density at radius 2 is 2.03 bits per heavy atom. The fourth-order valence-electron chi connectivity index (χ4n) is 3.68. The third kappa shape index (κ3) is 5.23. The summed E-state index contributed by atoms with van der Waals surface area (Å²) in [5.74, 6) is -0.247. The summed E-state index contributed by atoms with van der Waals surface area (Å²) in [6.07, 6.45) is 5.88. The van der Waals surface area contributed by atoms with Crippen LogP contribution in [0.15, 0.2) is 36.5 Å². The lowest BCUT2D eigenvalue weighted by Crippen LogP contribution is -2.21. The van der Waals surface area contributed by atoms with Gasteiger partial charge in [0.25, 0.3) is 5.91 Å². The Morgan fingerprint density at radius 1 is 1.24 bits per heavy atom. The zero-order valence-corrected chi connectivity index (χ0v) is 20.2. The van der Waals surface area contributed by atoms with Crippen LogP contribution in [0.1, 0.15) is 64.4 Å². The summed E-state index contributed by atoms with van der Waals surface area (Å²) in [7, 11) is 0. The van der Waals surface area contributed by atoms with E-state index in [-0.39, 0.29) is 24.7 Å². The molecule has 1 unspecified atom stereocenters. The minimum absolute atomic E-state index is 0.0172. The van der Waals surface area contributed by atoms with Gasteiger partial charge in [0, 0.05) is 11.1 Å². The Labute approximate surface area is 201 Å². The largest absolute Gasteiger partial charge is 0.470 e. The lowest BCUT2D eigenvalue weighted by Gasteiger charge is -2.15. The zero-order valence-electron chi connectivity index (χ0n) is 18.6. The molecule has 1 aliphatic carbocycles. The Bertz CT molecular complexity index is 1160. The number of para-hydroxylation sites is 1. The van der Waals surface area contributed by atoms with E-state index in [0.717, 1.165) is 42.5 Å². The first-order valence-electron chi connectivity index (χ1n) is 11.0. The SMILES string of the molecule is CCC(C)OC(=O)c1c(NC(=O)c2ccnn2COc2ccccc2Cl)sc2c1CCCC2. The minimum Gasteiger partial charge on any atom is -0.470 e. The molecule has 0 spiro atoms. The average molecular weight is 488 g/mol. The van der Waals surface area contributed by atoms with Crippen LogP contribution in [-0.4, -0.2) is 27.8 Å². The summed E-state index contributed by atoms with van der Waals surface area (Å²) in [5.41, 5.74) is 1.81. The number of anilines is 1. The molecule has 1 aliphatic rings. The number of thiophene rings is 1. The van der Waals surface area contributed by atoms with E-state index in [1.807, 2.05) is 26.0 Å². The molecule has 1 aromatic carbocycles. The lowest BCUT2D eigenvalue weighted by molar-refractivity contribution is 0.0335. The molecule has 1 atom stereocenters. The number of rotatable bonds is 8.